The molecule has 0 fully saturated rings. The molecular formula is C6H5F3N2O2S. The number of sulfonamides is 1. The number of alkyl halides is 2. The van der Waals surface area contributed by atoms with E-state index < -0.39 is 32.9 Å². The minimum absolute atomic E-state index is 0.407. The van der Waals surface area contributed by atoms with Crippen molar-refractivity contribution in [1.29, 1.82) is 0 Å². The average Bonchev–Trinajstić information content (AvgIpc) is 2.01. The summed E-state index contributed by atoms with van der Waals surface area (Å²) in [5.74, 6) is -1.04. The van der Waals surface area contributed by atoms with Crippen LogP contribution >= 0.6 is 0 Å². The molecule has 1 rings (SSSR count). The molecular weight excluding hydrogens is 221 g/mol. The lowest BCUT2D eigenvalue weighted by Crippen LogP contribution is -2.16. The molecule has 0 aliphatic carbocycles. The largest absolute Gasteiger partial charge is 0.281 e. The second-order valence-corrected chi connectivity index (χ2v) is 3.91. The van der Waals surface area contributed by atoms with Gasteiger partial charge in [-0.2, -0.15) is 0 Å². The molecule has 0 bridgehead atoms. The third kappa shape index (κ3) is 2.20. The molecule has 0 saturated carbocycles. The van der Waals surface area contributed by atoms with Crippen molar-refractivity contribution in [3.63, 3.8) is 0 Å². The summed E-state index contributed by atoms with van der Waals surface area (Å²) >= 11 is 0. The van der Waals surface area contributed by atoms with Crippen LogP contribution in [0.25, 0.3) is 0 Å². The van der Waals surface area contributed by atoms with E-state index in [-0.39, 0.29) is 0 Å². The molecule has 0 amide bonds. The maximum Gasteiger partial charge on any atom is 0.281 e. The lowest BCUT2D eigenvalue weighted by molar-refractivity contribution is 0.142. The first kappa shape index (κ1) is 10.9. The van der Waals surface area contributed by atoms with Gasteiger partial charge >= 0.3 is 0 Å². The Morgan fingerprint density at radius 2 is 2.00 bits per heavy atom. The molecule has 2 N–H and O–H groups in total. The molecule has 0 unspecified atom stereocenters. The Bertz CT molecular complexity index is 446. The Balaban J connectivity index is 3.46. The third-order valence-corrected chi connectivity index (χ3v) is 2.30. The van der Waals surface area contributed by atoms with Crippen molar-refractivity contribution in [1.82, 2.24) is 4.98 Å². The van der Waals surface area contributed by atoms with E-state index in [9.17, 15) is 21.6 Å². The highest BCUT2D eigenvalue weighted by atomic mass is 32.2. The SMILES string of the molecule is NS(=O)(=O)c1cc(F)cnc1C(F)F. The van der Waals surface area contributed by atoms with E-state index in [0.29, 0.717) is 12.3 Å². The highest BCUT2D eigenvalue weighted by Crippen LogP contribution is 2.23. The molecule has 4 nitrogen and oxygen atoms in total. The number of nitrogens with two attached hydrogens (primary N) is 1. The first-order chi connectivity index (χ1) is 6.32. The zero-order chi connectivity index (χ0) is 10.9. The minimum atomic E-state index is -4.38. The van der Waals surface area contributed by atoms with E-state index in [1.165, 1.54) is 0 Å². The van der Waals surface area contributed by atoms with E-state index in [4.69, 9.17) is 0 Å². The summed E-state index contributed by atoms with van der Waals surface area (Å²) in [6.07, 6.45) is -2.63. The standard InChI is InChI=1S/C6H5F3N2O2S/c7-3-1-4(14(10,12)13)5(6(8)9)11-2-3/h1-2,6H,(H2,10,12,13). The normalized spacial score (nSPS) is 12.1. The first-order valence-electron chi connectivity index (χ1n) is 3.29. The van der Waals surface area contributed by atoms with Crippen LogP contribution in [0, 0.1) is 5.82 Å². The van der Waals surface area contributed by atoms with Crippen LogP contribution in [0.15, 0.2) is 17.2 Å². The summed E-state index contributed by atoms with van der Waals surface area (Å²) in [5, 5.41) is 4.60. The quantitative estimate of drug-likeness (QED) is 0.810. The van der Waals surface area contributed by atoms with Crippen molar-refractivity contribution < 1.29 is 21.6 Å². The van der Waals surface area contributed by atoms with Gasteiger partial charge in [-0.3, -0.25) is 4.98 Å². The summed E-state index contributed by atoms with van der Waals surface area (Å²) in [6.45, 7) is 0. The third-order valence-electron chi connectivity index (χ3n) is 1.36. The van der Waals surface area contributed by atoms with E-state index in [2.05, 4.69) is 10.1 Å². The summed E-state index contributed by atoms with van der Waals surface area (Å²) in [5.41, 5.74) is -1.05. The maximum absolute atomic E-state index is 12.5. The predicted octanol–water partition coefficient (Wildman–Crippen LogP) is 0.806. The van der Waals surface area contributed by atoms with Gasteiger partial charge in [-0.05, 0) is 6.07 Å². The molecule has 0 radical (unpaired) electrons. The van der Waals surface area contributed by atoms with Gasteiger partial charge < -0.3 is 0 Å². The number of nitrogens with zero attached hydrogens (tertiary/aromatic N) is 1. The van der Waals surface area contributed by atoms with Crippen molar-refractivity contribution in [3.05, 3.63) is 23.8 Å². The highest BCUT2D eigenvalue weighted by Gasteiger charge is 2.22. The monoisotopic (exact) mass is 226 g/mol. The molecule has 0 spiro atoms. The molecule has 0 atom stereocenters. The minimum Gasteiger partial charge on any atom is -0.251 e. The van der Waals surface area contributed by atoms with Crippen LogP contribution in [0.2, 0.25) is 0 Å². The van der Waals surface area contributed by atoms with Crippen molar-refractivity contribution in [3.8, 4) is 0 Å². The maximum atomic E-state index is 12.5. The van der Waals surface area contributed by atoms with Gasteiger partial charge in [0.25, 0.3) is 6.43 Å². The van der Waals surface area contributed by atoms with Crippen LogP contribution in [0.5, 0.6) is 0 Å². The van der Waals surface area contributed by atoms with Gasteiger partial charge in [-0.15, -0.1) is 0 Å². The van der Waals surface area contributed by atoms with Crippen molar-refractivity contribution in [2.45, 2.75) is 11.3 Å². The smallest absolute Gasteiger partial charge is 0.251 e. The second kappa shape index (κ2) is 3.54. The van der Waals surface area contributed by atoms with Crippen LogP contribution in [0.4, 0.5) is 13.2 Å². The molecule has 1 aromatic heterocycles. The number of aromatic nitrogens is 1. The van der Waals surface area contributed by atoms with E-state index in [1.807, 2.05) is 0 Å². The number of hydrogen-bond acceptors (Lipinski definition) is 3. The average molecular weight is 226 g/mol. The van der Waals surface area contributed by atoms with Gasteiger partial charge in [-0.25, -0.2) is 26.7 Å². The highest BCUT2D eigenvalue weighted by molar-refractivity contribution is 7.89. The molecule has 0 aromatic carbocycles. The van der Waals surface area contributed by atoms with E-state index >= 15 is 0 Å². The Hall–Kier alpha value is -1.15. The van der Waals surface area contributed by atoms with Crippen LogP contribution in [0.1, 0.15) is 12.1 Å². The Morgan fingerprint density at radius 1 is 1.43 bits per heavy atom. The van der Waals surface area contributed by atoms with Gasteiger partial charge in [0.1, 0.15) is 16.4 Å². The fraction of sp³-hybridized carbons (Fsp3) is 0.167. The molecule has 1 heterocycles. The number of pyridine rings is 1. The number of halogens is 3. The molecule has 78 valence electrons. The Kier molecular flexibility index (Phi) is 2.76. The molecule has 1 aromatic rings. The summed E-state index contributed by atoms with van der Waals surface area (Å²) in [6, 6.07) is 0.407. The van der Waals surface area contributed by atoms with Gasteiger partial charge in [0.05, 0.1) is 6.20 Å². The van der Waals surface area contributed by atoms with Gasteiger partial charge in [0.15, 0.2) is 0 Å². The van der Waals surface area contributed by atoms with Crippen molar-refractivity contribution in [2.75, 3.05) is 0 Å². The van der Waals surface area contributed by atoms with Crippen LogP contribution < -0.4 is 5.14 Å². The van der Waals surface area contributed by atoms with Gasteiger partial charge in [0.2, 0.25) is 10.0 Å². The molecule has 0 aliphatic rings. The van der Waals surface area contributed by atoms with E-state index in [1.54, 1.807) is 0 Å². The van der Waals surface area contributed by atoms with E-state index in [0.717, 1.165) is 0 Å². The zero-order valence-corrected chi connectivity index (χ0v) is 7.43. The lowest BCUT2D eigenvalue weighted by atomic mass is 10.3. The number of primary sulfonamides is 1. The molecule has 14 heavy (non-hydrogen) atoms. The Morgan fingerprint density at radius 3 is 2.43 bits per heavy atom. The first-order valence-corrected chi connectivity index (χ1v) is 4.83. The second-order valence-electron chi connectivity index (χ2n) is 2.38. The lowest BCUT2D eigenvalue weighted by Gasteiger charge is -2.04. The number of rotatable bonds is 2. The predicted molar refractivity (Wildman–Crippen MR) is 40.5 cm³/mol. The van der Waals surface area contributed by atoms with Crippen molar-refractivity contribution >= 4 is 10.0 Å². The van der Waals surface area contributed by atoms with Crippen LogP contribution in [-0.4, -0.2) is 13.4 Å². The fourth-order valence-corrected chi connectivity index (χ4v) is 1.53. The summed E-state index contributed by atoms with van der Waals surface area (Å²) < 4.78 is 58.4. The van der Waals surface area contributed by atoms with Crippen LogP contribution in [0.3, 0.4) is 0 Å². The van der Waals surface area contributed by atoms with Gasteiger partial charge in [0, 0.05) is 0 Å². The molecule has 0 aliphatic heterocycles. The fourth-order valence-electron chi connectivity index (χ4n) is 0.823. The molecule has 0 saturated heterocycles. The topological polar surface area (TPSA) is 73.1 Å². The molecule has 8 heteroatoms. The van der Waals surface area contributed by atoms with Gasteiger partial charge in [-0.1, -0.05) is 0 Å². The zero-order valence-electron chi connectivity index (χ0n) is 6.62. The Labute approximate surface area is 77.6 Å². The van der Waals surface area contributed by atoms with Crippen LogP contribution in [-0.2, 0) is 10.0 Å². The number of hydrogen-bond donors (Lipinski definition) is 1. The summed E-state index contributed by atoms with van der Waals surface area (Å²) in [4.78, 5) is 1.97. The van der Waals surface area contributed by atoms with Crippen molar-refractivity contribution in [2.24, 2.45) is 5.14 Å². The summed E-state index contributed by atoms with van der Waals surface area (Å²) in [7, 11) is -4.38.